The predicted octanol–water partition coefficient (Wildman–Crippen LogP) is 3.02. The number of para-hydroxylation sites is 1. The molecule has 7 nitrogen and oxygen atoms in total. The predicted molar refractivity (Wildman–Crippen MR) is 124 cm³/mol. The number of rotatable bonds is 9. The van der Waals surface area contributed by atoms with Gasteiger partial charge in [-0.1, -0.05) is 12.1 Å². The molecule has 9 heteroatoms. The van der Waals surface area contributed by atoms with Gasteiger partial charge in [-0.05, 0) is 62.2 Å². The molecule has 2 aliphatic heterocycles. The van der Waals surface area contributed by atoms with E-state index < -0.39 is 24.6 Å². The number of aliphatic carboxylic acids is 1. The summed E-state index contributed by atoms with van der Waals surface area (Å²) in [6.07, 6.45) is 3.82. The number of thioether (sulfide) groups is 2. The van der Waals surface area contributed by atoms with E-state index in [1.54, 1.807) is 19.1 Å². The number of benzene rings is 1. The third-order valence-electron chi connectivity index (χ3n) is 5.60. The molecular weight excluding hydrogens is 436 g/mol. The third-order valence-corrected chi connectivity index (χ3v) is 7.80. The van der Waals surface area contributed by atoms with E-state index in [-0.39, 0.29) is 18.5 Å². The number of esters is 1. The Morgan fingerprint density at radius 3 is 2.74 bits per heavy atom. The zero-order valence-electron chi connectivity index (χ0n) is 17.7. The summed E-state index contributed by atoms with van der Waals surface area (Å²) in [5.41, 5.74) is 0.594. The van der Waals surface area contributed by atoms with Crippen LogP contribution in [0.1, 0.15) is 32.6 Å². The van der Waals surface area contributed by atoms with Crippen molar-refractivity contribution < 1.29 is 24.2 Å². The summed E-state index contributed by atoms with van der Waals surface area (Å²) in [7, 11) is 0. The van der Waals surface area contributed by atoms with Gasteiger partial charge in [0.2, 0.25) is 5.91 Å². The molecular formula is C22H30N2O5S2. The molecule has 2 heterocycles. The molecule has 0 spiro atoms. The molecule has 1 saturated heterocycles. The first-order valence-electron chi connectivity index (χ1n) is 10.7. The van der Waals surface area contributed by atoms with Crippen LogP contribution in [-0.4, -0.2) is 65.4 Å². The quantitative estimate of drug-likeness (QED) is 0.536. The number of carboxylic acids is 1. The average molecular weight is 467 g/mol. The van der Waals surface area contributed by atoms with E-state index in [2.05, 4.69) is 5.32 Å². The Bertz CT molecular complexity index is 785. The lowest BCUT2D eigenvalue weighted by Gasteiger charge is -2.28. The fourth-order valence-electron chi connectivity index (χ4n) is 3.96. The lowest BCUT2D eigenvalue weighted by molar-refractivity contribution is -0.146. The minimum atomic E-state index is -1.08. The molecule has 0 aromatic heterocycles. The van der Waals surface area contributed by atoms with Gasteiger partial charge in [0.25, 0.3) is 0 Å². The van der Waals surface area contributed by atoms with Gasteiger partial charge in [-0.2, -0.15) is 11.8 Å². The van der Waals surface area contributed by atoms with Crippen molar-refractivity contribution in [3.63, 3.8) is 0 Å². The molecule has 0 aliphatic carbocycles. The monoisotopic (exact) mass is 466 g/mol. The Morgan fingerprint density at radius 2 is 2.03 bits per heavy atom. The molecule has 1 fully saturated rings. The SMILES string of the molecule is CCOC(=O)[C@H](CCC1CCSCC1)N[C@H]1CSc2ccccc2N(CC(=O)O)C1=O. The maximum atomic E-state index is 13.3. The van der Waals surface area contributed by atoms with Crippen LogP contribution >= 0.6 is 23.5 Å². The van der Waals surface area contributed by atoms with Crippen LogP contribution in [0.25, 0.3) is 0 Å². The summed E-state index contributed by atoms with van der Waals surface area (Å²) >= 11 is 3.46. The van der Waals surface area contributed by atoms with Crippen LogP contribution in [0.3, 0.4) is 0 Å². The van der Waals surface area contributed by atoms with E-state index in [1.165, 1.54) is 16.7 Å². The van der Waals surface area contributed by atoms with E-state index in [0.29, 0.717) is 23.8 Å². The Hall–Kier alpha value is -1.71. The van der Waals surface area contributed by atoms with Crippen LogP contribution in [0.2, 0.25) is 0 Å². The molecule has 0 saturated carbocycles. The standard InChI is InChI=1S/C22H30N2O5S2/c1-2-29-22(28)16(8-7-15-9-11-30-12-10-15)23-17-14-31-19-6-4-3-5-18(19)24(21(17)27)13-20(25)26/h3-6,15-17,23H,2,7-14H2,1H3,(H,25,26)/t16-,17-/m0/s1. The van der Waals surface area contributed by atoms with Crippen molar-refractivity contribution in [2.45, 2.75) is 49.6 Å². The second-order valence-corrected chi connectivity index (χ2v) is 10.0. The Kier molecular flexibility index (Phi) is 9.10. The number of nitrogens with one attached hydrogen (secondary N) is 1. The van der Waals surface area contributed by atoms with Crippen molar-refractivity contribution in [1.29, 1.82) is 0 Å². The first kappa shape index (κ1) is 23.9. The van der Waals surface area contributed by atoms with E-state index in [4.69, 9.17) is 4.74 Å². The van der Waals surface area contributed by atoms with Crippen LogP contribution in [0.4, 0.5) is 5.69 Å². The highest BCUT2D eigenvalue weighted by molar-refractivity contribution is 7.99. The topological polar surface area (TPSA) is 95.9 Å². The summed E-state index contributed by atoms with van der Waals surface area (Å²) in [6, 6.07) is 6.04. The van der Waals surface area contributed by atoms with Crippen LogP contribution in [-0.2, 0) is 19.1 Å². The van der Waals surface area contributed by atoms with Crippen LogP contribution < -0.4 is 10.2 Å². The Morgan fingerprint density at radius 1 is 1.29 bits per heavy atom. The number of fused-ring (bicyclic) bond motifs is 1. The van der Waals surface area contributed by atoms with E-state index in [9.17, 15) is 19.5 Å². The van der Waals surface area contributed by atoms with Crippen LogP contribution in [0.15, 0.2) is 29.2 Å². The molecule has 170 valence electrons. The van der Waals surface area contributed by atoms with Crippen molar-refractivity contribution in [1.82, 2.24) is 5.32 Å². The molecule has 1 aromatic rings. The summed E-state index contributed by atoms with van der Waals surface area (Å²) in [5, 5.41) is 12.6. The molecule has 2 atom stereocenters. The van der Waals surface area contributed by atoms with Gasteiger partial charge in [0.15, 0.2) is 0 Å². The zero-order chi connectivity index (χ0) is 22.2. The minimum Gasteiger partial charge on any atom is -0.480 e. The van der Waals surface area contributed by atoms with Crippen molar-refractivity contribution >= 4 is 47.1 Å². The second-order valence-electron chi connectivity index (χ2n) is 7.75. The lowest BCUT2D eigenvalue weighted by Crippen LogP contribution is -2.54. The Balaban J connectivity index is 1.74. The lowest BCUT2D eigenvalue weighted by atomic mass is 9.94. The molecule has 2 aliphatic rings. The van der Waals surface area contributed by atoms with Crippen LogP contribution in [0, 0.1) is 5.92 Å². The summed E-state index contributed by atoms with van der Waals surface area (Å²) in [6.45, 7) is 1.63. The number of anilines is 1. The molecule has 3 rings (SSSR count). The number of nitrogens with zero attached hydrogens (tertiary/aromatic N) is 1. The highest BCUT2D eigenvalue weighted by Crippen LogP contribution is 2.34. The highest BCUT2D eigenvalue weighted by atomic mass is 32.2. The second kappa shape index (κ2) is 11.8. The number of carbonyl (C=O) groups is 3. The molecule has 2 N–H and O–H groups in total. The van der Waals surface area contributed by atoms with Crippen molar-refractivity contribution in [2.75, 3.05) is 35.3 Å². The maximum Gasteiger partial charge on any atom is 0.323 e. The maximum absolute atomic E-state index is 13.3. The van der Waals surface area contributed by atoms with Crippen LogP contribution in [0.5, 0.6) is 0 Å². The number of carboxylic acid groups (broad SMARTS) is 1. The molecule has 0 unspecified atom stereocenters. The summed E-state index contributed by atoms with van der Waals surface area (Å²) in [5.74, 6) is 1.56. The Labute approximate surface area is 191 Å². The normalized spacial score (nSPS) is 20.6. The third kappa shape index (κ3) is 6.63. The summed E-state index contributed by atoms with van der Waals surface area (Å²) in [4.78, 5) is 39.5. The van der Waals surface area contributed by atoms with Gasteiger partial charge < -0.3 is 9.84 Å². The minimum absolute atomic E-state index is 0.279. The van der Waals surface area contributed by atoms with E-state index in [1.807, 2.05) is 23.9 Å². The number of ether oxygens (including phenoxy) is 1. The zero-order valence-corrected chi connectivity index (χ0v) is 19.4. The average Bonchev–Trinajstić information content (AvgIpc) is 2.89. The van der Waals surface area contributed by atoms with Gasteiger partial charge in [0, 0.05) is 10.6 Å². The first-order valence-corrected chi connectivity index (χ1v) is 12.9. The molecule has 31 heavy (non-hydrogen) atoms. The van der Waals surface area contributed by atoms with Gasteiger partial charge in [0.1, 0.15) is 12.6 Å². The van der Waals surface area contributed by atoms with Gasteiger partial charge in [-0.25, -0.2) is 0 Å². The van der Waals surface area contributed by atoms with Gasteiger partial charge in [0.05, 0.1) is 18.3 Å². The molecule has 0 radical (unpaired) electrons. The van der Waals surface area contributed by atoms with Crippen molar-refractivity contribution in [3.05, 3.63) is 24.3 Å². The van der Waals surface area contributed by atoms with E-state index in [0.717, 1.165) is 35.7 Å². The number of amides is 1. The number of hydrogen-bond acceptors (Lipinski definition) is 7. The van der Waals surface area contributed by atoms with Gasteiger partial charge >= 0.3 is 11.9 Å². The van der Waals surface area contributed by atoms with Crippen molar-refractivity contribution in [3.8, 4) is 0 Å². The number of carbonyl (C=O) groups excluding carboxylic acids is 2. The fraction of sp³-hybridized carbons (Fsp3) is 0.591. The fourth-order valence-corrected chi connectivity index (χ4v) is 6.25. The first-order chi connectivity index (χ1) is 15.0. The molecule has 1 aromatic carbocycles. The smallest absolute Gasteiger partial charge is 0.323 e. The largest absolute Gasteiger partial charge is 0.480 e. The molecule has 0 bridgehead atoms. The summed E-state index contributed by atoms with van der Waals surface area (Å²) < 4.78 is 5.27. The highest BCUT2D eigenvalue weighted by Gasteiger charge is 2.35. The van der Waals surface area contributed by atoms with E-state index >= 15 is 0 Å². The van der Waals surface area contributed by atoms with Crippen molar-refractivity contribution in [2.24, 2.45) is 5.92 Å². The van der Waals surface area contributed by atoms with Gasteiger partial charge in [-0.15, -0.1) is 11.8 Å². The van der Waals surface area contributed by atoms with Gasteiger partial charge in [-0.3, -0.25) is 24.6 Å². The molecule has 1 amide bonds. The number of hydrogen-bond donors (Lipinski definition) is 2.